The van der Waals surface area contributed by atoms with Crippen LogP contribution in [0.5, 0.6) is 0 Å². The molecule has 0 radical (unpaired) electrons. The number of hydrogen-bond acceptors (Lipinski definition) is 5. The Kier molecular flexibility index (Phi) is 8.35. The van der Waals surface area contributed by atoms with Crippen molar-refractivity contribution in [3.63, 3.8) is 0 Å². The lowest BCUT2D eigenvalue weighted by molar-refractivity contribution is -0.143. The zero-order valence-corrected chi connectivity index (χ0v) is 17.9. The molecular weight excluding hydrogens is 402 g/mol. The molecule has 2 aromatic carbocycles. The maximum atomic E-state index is 12.9. The van der Waals surface area contributed by atoms with E-state index >= 15 is 0 Å². The van der Waals surface area contributed by atoms with Crippen molar-refractivity contribution in [2.45, 2.75) is 38.5 Å². The highest BCUT2D eigenvalue weighted by Gasteiger charge is 2.29. The number of benzene rings is 2. The Bertz CT molecular complexity index is 909. The molecule has 30 heavy (non-hydrogen) atoms. The molecule has 1 unspecified atom stereocenters. The molecule has 1 amide bonds. The topological polar surface area (TPSA) is 101 Å². The highest BCUT2D eigenvalue weighted by Crippen LogP contribution is 2.24. The van der Waals surface area contributed by atoms with E-state index in [0.29, 0.717) is 5.56 Å². The van der Waals surface area contributed by atoms with E-state index in [1.54, 1.807) is 26.0 Å². The summed E-state index contributed by atoms with van der Waals surface area (Å²) < 4.78 is 0. The van der Waals surface area contributed by atoms with Crippen LogP contribution in [-0.4, -0.2) is 39.2 Å². The van der Waals surface area contributed by atoms with E-state index < -0.39 is 23.2 Å². The smallest absolute Gasteiger partial charge is 0.326 e. The molecule has 7 heteroatoms. The van der Waals surface area contributed by atoms with Crippen LogP contribution in [0.4, 0.5) is 0 Å². The van der Waals surface area contributed by atoms with Crippen molar-refractivity contribution in [3.8, 4) is 11.1 Å². The van der Waals surface area contributed by atoms with Gasteiger partial charge in [0.2, 0.25) is 5.91 Å². The third-order valence-corrected chi connectivity index (χ3v) is 5.49. The van der Waals surface area contributed by atoms with Crippen LogP contribution >= 0.6 is 11.8 Å². The van der Waals surface area contributed by atoms with Crippen molar-refractivity contribution in [1.82, 2.24) is 5.32 Å². The van der Waals surface area contributed by atoms with Crippen LogP contribution in [0, 0.1) is 5.92 Å². The first-order valence-electron chi connectivity index (χ1n) is 9.58. The second-order valence-electron chi connectivity index (χ2n) is 7.24. The second-order valence-corrected chi connectivity index (χ2v) is 8.62. The summed E-state index contributed by atoms with van der Waals surface area (Å²) in [4.78, 5) is 48.3. The van der Waals surface area contributed by atoms with E-state index in [9.17, 15) is 24.3 Å². The standard InChI is InChI=1S/C23H25NO5S/c1-14(2)21(23(28)29)24-20(26)13-19(30-15(3)25)22(27)18-11-9-17(10-12-18)16-7-5-4-6-8-16/h4-12,14,19,21H,13H2,1-3H3,(H,24,26)(H,28,29)/t19?,21-/m0/s1. The molecule has 158 valence electrons. The summed E-state index contributed by atoms with van der Waals surface area (Å²) >= 11 is 0.779. The number of ketones is 1. The van der Waals surface area contributed by atoms with Crippen LogP contribution in [0.15, 0.2) is 54.6 Å². The minimum Gasteiger partial charge on any atom is -0.480 e. The number of hydrogen-bond donors (Lipinski definition) is 2. The van der Waals surface area contributed by atoms with Gasteiger partial charge >= 0.3 is 5.97 Å². The lowest BCUT2D eigenvalue weighted by Gasteiger charge is -2.20. The highest BCUT2D eigenvalue weighted by atomic mass is 32.2. The predicted molar refractivity (Wildman–Crippen MR) is 117 cm³/mol. The number of carboxylic acid groups (broad SMARTS) is 1. The highest BCUT2D eigenvalue weighted by molar-refractivity contribution is 8.14. The maximum Gasteiger partial charge on any atom is 0.326 e. The van der Waals surface area contributed by atoms with Crippen molar-refractivity contribution >= 4 is 34.5 Å². The number of carboxylic acids is 1. The molecule has 2 atom stereocenters. The molecule has 0 heterocycles. The molecule has 2 N–H and O–H groups in total. The van der Waals surface area contributed by atoms with Gasteiger partial charge in [0.1, 0.15) is 6.04 Å². The largest absolute Gasteiger partial charge is 0.480 e. The quantitative estimate of drug-likeness (QED) is 0.591. The third-order valence-electron chi connectivity index (χ3n) is 4.50. The van der Waals surface area contributed by atoms with Crippen LogP contribution < -0.4 is 5.32 Å². The van der Waals surface area contributed by atoms with Crippen LogP contribution in [0.2, 0.25) is 0 Å². The first kappa shape index (κ1) is 23.3. The van der Waals surface area contributed by atoms with Gasteiger partial charge in [-0.05, 0) is 17.0 Å². The number of nitrogens with one attached hydrogen (secondary N) is 1. The summed E-state index contributed by atoms with van der Waals surface area (Å²) in [7, 11) is 0. The SMILES string of the molecule is CC(=O)SC(CC(=O)N[C@H](C(=O)O)C(C)C)C(=O)c1ccc(-c2ccccc2)cc1. The number of amides is 1. The third kappa shape index (κ3) is 6.56. The average molecular weight is 428 g/mol. The molecule has 2 aromatic rings. The fraction of sp³-hybridized carbons (Fsp3) is 0.304. The molecule has 0 bridgehead atoms. The van der Waals surface area contributed by atoms with Gasteiger partial charge in [-0.2, -0.15) is 0 Å². The molecule has 6 nitrogen and oxygen atoms in total. The van der Waals surface area contributed by atoms with Crippen molar-refractivity contribution in [3.05, 3.63) is 60.2 Å². The lowest BCUT2D eigenvalue weighted by Crippen LogP contribution is -2.45. The maximum absolute atomic E-state index is 12.9. The average Bonchev–Trinajstić information content (AvgIpc) is 2.71. The Balaban J connectivity index is 2.16. The molecule has 2 rings (SSSR count). The molecule has 0 aromatic heterocycles. The summed E-state index contributed by atoms with van der Waals surface area (Å²) in [5, 5.41) is 10.5. The Labute approximate surface area is 180 Å². The normalized spacial score (nSPS) is 12.8. The van der Waals surface area contributed by atoms with Crippen LogP contribution in [0.1, 0.15) is 37.6 Å². The van der Waals surface area contributed by atoms with Crippen molar-refractivity contribution in [2.24, 2.45) is 5.92 Å². The van der Waals surface area contributed by atoms with Crippen LogP contribution in [0.25, 0.3) is 11.1 Å². The van der Waals surface area contributed by atoms with E-state index in [-0.39, 0.29) is 23.2 Å². The van der Waals surface area contributed by atoms with Gasteiger partial charge in [-0.15, -0.1) is 0 Å². The molecule has 0 saturated heterocycles. The Morgan fingerprint density at radius 2 is 1.50 bits per heavy atom. The molecular formula is C23H25NO5S. The van der Waals surface area contributed by atoms with Gasteiger partial charge in [0.25, 0.3) is 0 Å². The monoisotopic (exact) mass is 427 g/mol. The molecule has 0 aliphatic rings. The first-order chi connectivity index (χ1) is 14.2. The Hall–Kier alpha value is -2.93. The van der Waals surface area contributed by atoms with E-state index in [1.807, 2.05) is 42.5 Å². The molecule has 0 aliphatic carbocycles. The fourth-order valence-electron chi connectivity index (χ4n) is 2.95. The number of thioether (sulfide) groups is 1. The number of carbonyl (C=O) groups excluding carboxylic acids is 3. The lowest BCUT2D eigenvalue weighted by atomic mass is 10.00. The molecule has 0 fully saturated rings. The summed E-state index contributed by atoms with van der Waals surface area (Å²) in [6.45, 7) is 4.69. The van der Waals surface area contributed by atoms with Gasteiger partial charge in [0, 0.05) is 18.9 Å². The summed E-state index contributed by atoms with van der Waals surface area (Å²) in [6.07, 6.45) is -0.278. The predicted octanol–water partition coefficient (Wildman–Crippen LogP) is 3.80. The van der Waals surface area contributed by atoms with Gasteiger partial charge in [-0.3, -0.25) is 14.4 Å². The summed E-state index contributed by atoms with van der Waals surface area (Å²) in [5.41, 5.74) is 2.35. The van der Waals surface area contributed by atoms with E-state index in [4.69, 9.17) is 0 Å². The van der Waals surface area contributed by atoms with Gasteiger partial charge in [0.05, 0.1) is 5.25 Å². The van der Waals surface area contributed by atoms with Crippen LogP contribution in [-0.2, 0) is 14.4 Å². The number of carbonyl (C=O) groups is 4. The van der Waals surface area contributed by atoms with E-state index in [2.05, 4.69) is 5.32 Å². The van der Waals surface area contributed by atoms with Gasteiger partial charge < -0.3 is 10.4 Å². The Morgan fingerprint density at radius 1 is 0.933 bits per heavy atom. The van der Waals surface area contributed by atoms with E-state index in [1.165, 1.54) is 6.92 Å². The molecule has 0 spiro atoms. The fourth-order valence-corrected chi connectivity index (χ4v) is 3.82. The molecule has 0 saturated carbocycles. The zero-order valence-electron chi connectivity index (χ0n) is 17.1. The summed E-state index contributed by atoms with van der Waals surface area (Å²) in [6, 6.07) is 15.6. The number of Topliss-reactive ketones (excluding diaryl/α,β-unsaturated/α-hetero) is 1. The summed E-state index contributed by atoms with van der Waals surface area (Å²) in [5.74, 6) is -2.38. The minimum atomic E-state index is -1.14. The van der Waals surface area contributed by atoms with Crippen molar-refractivity contribution < 1.29 is 24.3 Å². The minimum absolute atomic E-state index is 0.278. The number of rotatable bonds is 9. The van der Waals surface area contributed by atoms with Gasteiger partial charge in [0.15, 0.2) is 10.9 Å². The Morgan fingerprint density at radius 3 is 2.00 bits per heavy atom. The van der Waals surface area contributed by atoms with Gasteiger partial charge in [-0.25, -0.2) is 4.79 Å². The molecule has 0 aliphatic heterocycles. The van der Waals surface area contributed by atoms with E-state index in [0.717, 1.165) is 22.9 Å². The second kappa shape index (κ2) is 10.7. The van der Waals surface area contributed by atoms with Crippen molar-refractivity contribution in [1.29, 1.82) is 0 Å². The first-order valence-corrected chi connectivity index (χ1v) is 10.5. The number of aliphatic carboxylic acids is 1. The zero-order chi connectivity index (χ0) is 22.3. The van der Waals surface area contributed by atoms with Crippen molar-refractivity contribution in [2.75, 3.05) is 0 Å². The van der Waals surface area contributed by atoms with Gasteiger partial charge in [-0.1, -0.05) is 80.2 Å². The van der Waals surface area contributed by atoms with Crippen LogP contribution in [0.3, 0.4) is 0 Å².